The summed E-state index contributed by atoms with van der Waals surface area (Å²) in [5.74, 6) is 2.61. The molecular formula is C19H25N4O2S+. The first kappa shape index (κ1) is 17.7. The van der Waals surface area contributed by atoms with E-state index in [1.54, 1.807) is 6.92 Å². The van der Waals surface area contributed by atoms with Gasteiger partial charge in [0.15, 0.2) is 0 Å². The maximum atomic E-state index is 11.9. The molecule has 2 aromatic rings. The van der Waals surface area contributed by atoms with E-state index in [-0.39, 0.29) is 5.91 Å². The van der Waals surface area contributed by atoms with Crippen molar-refractivity contribution < 1.29 is 9.35 Å². The Balaban J connectivity index is 1.77. The fraction of sp³-hybridized carbons (Fsp3) is 0.474. The van der Waals surface area contributed by atoms with Gasteiger partial charge in [-0.25, -0.2) is 4.98 Å². The van der Waals surface area contributed by atoms with Crippen LogP contribution in [0.5, 0.6) is 0 Å². The van der Waals surface area contributed by atoms with Gasteiger partial charge in [0.1, 0.15) is 24.6 Å². The number of benzene rings is 1. The second kappa shape index (κ2) is 7.15. The Labute approximate surface area is 157 Å². The van der Waals surface area contributed by atoms with Gasteiger partial charge in [0.25, 0.3) is 5.82 Å². The Hall–Kier alpha value is -1.67. The fourth-order valence-electron chi connectivity index (χ4n) is 4.19. The van der Waals surface area contributed by atoms with E-state index >= 15 is 0 Å². The number of aromatic nitrogens is 1. The molecule has 2 aliphatic rings. The van der Waals surface area contributed by atoms with Gasteiger partial charge in [0, 0.05) is 13.1 Å². The van der Waals surface area contributed by atoms with Gasteiger partial charge in [-0.3, -0.25) is 4.79 Å². The first-order valence-electron chi connectivity index (χ1n) is 9.17. The molecule has 2 saturated heterocycles. The van der Waals surface area contributed by atoms with Crippen LogP contribution >= 0.6 is 0 Å². The Kier molecular flexibility index (Phi) is 4.88. The van der Waals surface area contributed by atoms with Crippen molar-refractivity contribution in [3.05, 3.63) is 36.5 Å². The van der Waals surface area contributed by atoms with Gasteiger partial charge in [-0.1, -0.05) is 29.4 Å². The first-order chi connectivity index (χ1) is 12.6. The van der Waals surface area contributed by atoms with E-state index in [4.69, 9.17) is 4.98 Å². The van der Waals surface area contributed by atoms with E-state index in [0.717, 1.165) is 50.5 Å². The van der Waals surface area contributed by atoms with E-state index < -0.39 is 11.2 Å². The highest BCUT2D eigenvalue weighted by Gasteiger charge is 2.46. The molecule has 0 aliphatic carbocycles. The Morgan fingerprint density at radius 2 is 1.81 bits per heavy atom. The summed E-state index contributed by atoms with van der Waals surface area (Å²) in [5, 5.41) is 4.77. The lowest BCUT2D eigenvalue weighted by atomic mass is 10.1. The molecule has 0 N–H and O–H groups in total. The number of carbonyl (C=O) groups is 1. The molecule has 0 radical (unpaired) electrons. The predicted octanol–water partition coefficient (Wildman–Crippen LogP) is 1.38. The van der Waals surface area contributed by atoms with Crippen LogP contribution in [-0.4, -0.2) is 76.1 Å². The summed E-state index contributed by atoms with van der Waals surface area (Å²) in [6, 6.07) is 10.4. The molecule has 2 fully saturated rings. The van der Waals surface area contributed by atoms with Crippen LogP contribution in [0.3, 0.4) is 0 Å². The van der Waals surface area contributed by atoms with Crippen molar-refractivity contribution in [2.24, 2.45) is 0 Å². The van der Waals surface area contributed by atoms with Crippen LogP contribution in [-0.2, 0) is 16.0 Å². The van der Waals surface area contributed by atoms with E-state index in [2.05, 4.69) is 23.2 Å². The second-order valence-corrected chi connectivity index (χ2v) is 8.73. The minimum atomic E-state index is -0.718. The Morgan fingerprint density at radius 3 is 2.50 bits per heavy atom. The third-order valence-electron chi connectivity index (χ3n) is 5.67. The number of rotatable bonds is 2. The van der Waals surface area contributed by atoms with Gasteiger partial charge >= 0.3 is 0 Å². The molecule has 4 rings (SSSR count). The second-order valence-electron chi connectivity index (χ2n) is 7.03. The summed E-state index contributed by atoms with van der Waals surface area (Å²) in [7, 11) is 0. The van der Waals surface area contributed by atoms with Crippen molar-refractivity contribution in [1.82, 2.24) is 19.5 Å². The summed E-state index contributed by atoms with van der Waals surface area (Å²) < 4.78 is 12.6. The molecule has 0 unspecified atom stereocenters. The summed E-state index contributed by atoms with van der Waals surface area (Å²) >= 11 is -0.718. The quantitative estimate of drug-likeness (QED) is 0.590. The molecule has 1 aromatic carbocycles. The molecule has 138 valence electrons. The molecular weight excluding hydrogens is 348 g/mol. The monoisotopic (exact) mass is 373 g/mol. The zero-order chi connectivity index (χ0) is 18.1. The molecule has 2 aliphatic heterocycles. The predicted molar refractivity (Wildman–Crippen MR) is 105 cm³/mol. The van der Waals surface area contributed by atoms with Crippen LogP contribution < -0.4 is 4.59 Å². The van der Waals surface area contributed by atoms with Crippen molar-refractivity contribution in [2.45, 2.75) is 6.92 Å². The Bertz CT molecular complexity index is 794. The molecule has 1 amide bonds. The summed E-state index contributed by atoms with van der Waals surface area (Å²) in [6.07, 6.45) is 1.89. The van der Waals surface area contributed by atoms with Gasteiger partial charge in [-0.15, -0.1) is 5.01 Å². The average molecular weight is 374 g/mol. The van der Waals surface area contributed by atoms with Crippen molar-refractivity contribution in [1.29, 1.82) is 0 Å². The minimum Gasteiger partial charge on any atom is -0.616 e. The van der Waals surface area contributed by atoms with Crippen molar-refractivity contribution >= 4 is 33.7 Å². The molecule has 0 atom stereocenters. The van der Waals surface area contributed by atoms with Gasteiger partial charge in [0.2, 0.25) is 5.91 Å². The highest BCUT2D eigenvalue weighted by Crippen LogP contribution is 2.33. The lowest BCUT2D eigenvalue weighted by Crippen LogP contribution is -2.71. The zero-order valence-electron chi connectivity index (χ0n) is 15.1. The molecule has 0 spiro atoms. The molecule has 6 nitrogen and oxygen atoms in total. The van der Waals surface area contributed by atoms with E-state index in [9.17, 15) is 9.35 Å². The van der Waals surface area contributed by atoms with Crippen LogP contribution in [0.4, 0.5) is 5.82 Å². The van der Waals surface area contributed by atoms with Gasteiger partial charge in [-0.2, -0.15) is 4.59 Å². The van der Waals surface area contributed by atoms with Crippen molar-refractivity contribution in [3.8, 4) is 0 Å². The molecule has 26 heavy (non-hydrogen) atoms. The highest BCUT2D eigenvalue weighted by atomic mass is 32.2. The van der Waals surface area contributed by atoms with E-state index in [0.29, 0.717) is 16.1 Å². The highest BCUT2D eigenvalue weighted by molar-refractivity contribution is 7.91. The van der Waals surface area contributed by atoms with Crippen LogP contribution in [0.25, 0.3) is 10.8 Å². The van der Waals surface area contributed by atoms with E-state index in [1.807, 2.05) is 23.2 Å². The van der Waals surface area contributed by atoms with Gasteiger partial charge in [-0.05, 0) is 17.5 Å². The molecule has 0 saturated carbocycles. The number of quaternary nitrogens is 1. The minimum absolute atomic E-state index is 0.133. The lowest BCUT2D eigenvalue weighted by molar-refractivity contribution is -0.133. The number of hydrogen-bond donors (Lipinski definition) is 0. The zero-order valence-corrected chi connectivity index (χ0v) is 16.0. The maximum absolute atomic E-state index is 11.9. The topological polar surface area (TPSA) is 59.5 Å². The average Bonchev–Trinajstić information content (AvgIpc) is 2.68. The Morgan fingerprint density at radius 1 is 1.12 bits per heavy atom. The van der Waals surface area contributed by atoms with Crippen LogP contribution in [0.15, 0.2) is 36.5 Å². The van der Waals surface area contributed by atoms with Gasteiger partial charge in [0.05, 0.1) is 31.6 Å². The standard InChI is InChI=1S/C19H25N4O2S/c1-16(24)21-8-12-23(13-9-21,22-10-14-26(25)15-11-22)19-18-5-3-2-4-17(18)6-7-20-19/h2-7H,8-15H2,1H3/q+1. The number of hydrogen-bond acceptors (Lipinski definition) is 4. The number of nitrogens with zero attached hydrogens (tertiary/aromatic N) is 4. The van der Waals surface area contributed by atoms with Crippen LogP contribution in [0.2, 0.25) is 0 Å². The summed E-state index contributed by atoms with van der Waals surface area (Å²) in [6.45, 7) is 6.31. The molecule has 3 heterocycles. The smallest absolute Gasteiger partial charge is 0.255 e. The van der Waals surface area contributed by atoms with Gasteiger partial charge < -0.3 is 9.45 Å². The molecule has 1 aromatic heterocycles. The fourth-order valence-corrected chi connectivity index (χ4v) is 5.22. The van der Waals surface area contributed by atoms with E-state index in [1.165, 1.54) is 5.39 Å². The van der Waals surface area contributed by atoms with Crippen LogP contribution in [0, 0.1) is 0 Å². The number of fused-ring (bicyclic) bond motifs is 1. The number of pyridine rings is 1. The third kappa shape index (κ3) is 3.09. The summed E-state index contributed by atoms with van der Waals surface area (Å²) in [4.78, 5) is 18.6. The molecule has 7 heteroatoms. The first-order valence-corrected chi connectivity index (χ1v) is 10.7. The van der Waals surface area contributed by atoms with Crippen molar-refractivity contribution in [2.75, 3.05) is 50.8 Å². The normalized spacial score (nSPS) is 21.8. The number of piperazine rings is 1. The largest absolute Gasteiger partial charge is 0.616 e. The molecule has 0 bridgehead atoms. The van der Waals surface area contributed by atoms with Crippen molar-refractivity contribution in [3.63, 3.8) is 0 Å². The third-order valence-corrected chi connectivity index (χ3v) is 6.94. The van der Waals surface area contributed by atoms with Crippen LogP contribution in [0.1, 0.15) is 6.92 Å². The SMILES string of the molecule is CC(=O)N1CC[N+](c2nccc3ccccc23)(N2CC[S+]([O-])CC2)CC1. The summed E-state index contributed by atoms with van der Waals surface area (Å²) in [5.41, 5.74) is 0. The maximum Gasteiger partial charge on any atom is 0.255 e. The lowest BCUT2D eigenvalue weighted by Gasteiger charge is -2.49. The number of amides is 1. The number of carbonyl (C=O) groups excluding carboxylic acids is 1.